The van der Waals surface area contributed by atoms with Gasteiger partial charge in [-0.05, 0) is 24.6 Å². The lowest BCUT2D eigenvalue weighted by molar-refractivity contribution is -0.118. The van der Waals surface area contributed by atoms with Crippen LogP contribution in [0, 0.1) is 0 Å². The third-order valence-corrected chi connectivity index (χ3v) is 3.08. The van der Waals surface area contributed by atoms with E-state index in [1.807, 2.05) is 50.3 Å². The summed E-state index contributed by atoms with van der Waals surface area (Å²) in [6.07, 6.45) is 4.92. The Balaban J connectivity index is 0. The molecule has 0 spiro atoms. The number of hydrogen-bond donors (Lipinski definition) is 1. The summed E-state index contributed by atoms with van der Waals surface area (Å²) in [5.41, 5.74) is 3.83. The molecule has 0 aliphatic carbocycles. The number of hydrogen-bond acceptors (Lipinski definition) is 5. The Morgan fingerprint density at radius 3 is 2.62 bits per heavy atom. The Kier molecular flexibility index (Phi) is 13.8. The van der Waals surface area contributed by atoms with Crippen LogP contribution in [0.4, 0.5) is 0 Å². The third kappa shape index (κ3) is 10.9. The van der Waals surface area contributed by atoms with Crippen molar-refractivity contribution in [1.29, 1.82) is 0 Å². The number of benzene rings is 1. The predicted molar refractivity (Wildman–Crippen MR) is 99.4 cm³/mol. The first kappa shape index (κ1) is 22.3. The Hall–Kier alpha value is -1.69. The van der Waals surface area contributed by atoms with Crippen molar-refractivity contribution < 1.29 is 20.5 Å². The molecule has 0 aromatic heterocycles. The molecule has 0 saturated carbocycles. The van der Waals surface area contributed by atoms with Gasteiger partial charge in [0, 0.05) is 20.8 Å². The van der Waals surface area contributed by atoms with Crippen molar-refractivity contribution in [3.8, 4) is 5.75 Å². The molecule has 0 aliphatic rings. The first-order valence-electron chi connectivity index (χ1n) is 8.03. The van der Waals surface area contributed by atoms with E-state index in [2.05, 4.69) is 5.48 Å². The summed E-state index contributed by atoms with van der Waals surface area (Å²) in [5.74, 6) is 1.03. The number of hydroxylamine groups is 1. The number of allylic oxidation sites excluding steroid dienone is 1. The molecular formula is C19H33NO4. The summed E-state index contributed by atoms with van der Waals surface area (Å²) < 4.78 is 11.0. The lowest BCUT2D eigenvalue weighted by Crippen LogP contribution is -2.21. The Bertz CT molecular complexity index is 463. The molecule has 5 nitrogen and oxygen atoms in total. The first-order valence-corrected chi connectivity index (χ1v) is 8.03. The van der Waals surface area contributed by atoms with Gasteiger partial charge < -0.3 is 9.47 Å². The van der Waals surface area contributed by atoms with Crippen LogP contribution in [0.2, 0.25) is 0 Å². The second-order valence-corrected chi connectivity index (χ2v) is 4.95. The van der Waals surface area contributed by atoms with Gasteiger partial charge in [-0.15, -0.1) is 0 Å². The van der Waals surface area contributed by atoms with Gasteiger partial charge in [-0.2, -0.15) is 5.48 Å². The van der Waals surface area contributed by atoms with E-state index in [4.69, 9.17) is 14.3 Å². The van der Waals surface area contributed by atoms with Crippen molar-refractivity contribution in [2.45, 2.75) is 34.1 Å². The number of ketones is 1. The molecule has 0 amide bonds. The highest BCUT2D eigenvalue weighted by molar-refractivity contribution is 5.80. The largest absolute Gasteiger partial charge is 0.491 e. The Morgan fingerprint density at radius 2 is 1.96 bits per heavy atom. The number of ether oxygens (including phenoxy) is 2. The van der Waals surface area contributed by atoms with Gasteiger partial charge >= 0.3 is 0 Å². The highest BCUT2D eigenvalue weighted by atomic mass is 16.6. The zero-order chi connectivity index (χ0) is 16.8. The summed E-state index contributed by atoms with van der Waals surface area (Å²) in [6, 6.07) is 7.62. The molecule has 0 atom stereocenters. The maximum atomic E-state index is 11.4. The fourth-order valence-corrected chi connectivity index (χ4v) is 1.77. The molecule has 1 N–H and O–H groups in total. The predicted octanol–water partition coefficient (Wildman–Crippen LogP) is 3.58. The van der Waals surface area contributed by atoms with E-state index in [1.165, 1.54) is 0 Å². The van der Waals surface area contributed by atoms with Crippen molar-refractivity contribution >= 4 is 5.78 Å². The van der Waals surface area contributed by atoms with E-state index >= 15 is 0 Å². The van der Waals surface area contributed by atoms with Gasteiger partial charge in [0.15, 0.2) is 0 Å². The van der Waals surface area contributed by atoms with Crippen molar-refractivity contribution in [3.63, 3.8) is 0 Å². The fourth-order valence-electron chi connectivity index (χ4n) is 1.77. The summed E-state index contributed by atoms with van der Waals surface area (Å²) >= 11 is 0. The summed E-state index contributed by atoms with van der Waals surface area (Å²) in [4.78, 5) is 16.5. The normalized spacial score (nSPS) is 10.6. The topological polar surface area (TPSA) is 56.8 Å². The van der Waals surface area contributed by atoms with E-state index < -0.39 is 0 Å². The maximum absolute atomic E-state index is 11.4. The van der Waals surface area contributed by atoms with Crippen LogP contribution in [0.5, 0.6) is 5.75 Å². The fraction of sp³-hybridized carbons (Fsp3) is 0.526. The summed E-state index contributed by atoms with van der Waals surface area (Å²) in [5, 5.41) is 0. The van der Waals surface area contributed by atoms with Crippen molar-refractivity contribution in [2.75, 3.05) is 33.0 Å². The molecule has 5 heteroatoms. The molecule has 0 radical (unpaired) electrons. The summed E-state index contributed by atoms with van der Waals surface area (Å²) in [6.45, 7) is 6.60. The zero-order valence-corrected chi connectivity index (χ0v) is 14.0. The lowest BCUT2D eigenvalue weighted by Gasteiger charge is -2.08. The van der Waals surface area contributed by atoms with Gasteiger partial charge in [0.1, 0.15) is 18.1 Å². The van der Waals surface area contributed by atoms with Crippen LogP contribution >= 0.6 is 0 Å². The standard InChI is InChI=1S/C18H27NO4.CH4.H2/c1-3-5-11-23-19-10-12-21-13-14-22-18-8-6-16(7-9-18)15-17(20)4-2;;/h3,5-9,19H,4,10-15H2,1-2H3;1H4;1H/b5-3+;;. The zero-order valence-electron chi connectivity index (χ0n) is 14.0. The monoisotopic (exact) mass is 339 g/mol. The minimum atomic E-state index is 0. The van der Waals surface area contributed by atoms with Gasteiger partial charge in [-0.25, -0.2) is 0 Å². The summed E-state index contributed by atoms with van der Waals surface area (Å²) in [7, 11) is 0. The van der Waals surface area contributed by atoms with Crippen LogP contribution in [-0.2, 0) is 20.8 Å². The SMILES string of the molecule is C.C/C=C/CONCCOCCOc1ccc(CC(=O)CC)cc1.[HH]. The minimum Gasteiger partial charge on any atom is -0.491 e. The van der Waals surface area contributed by atoms with Crippen molar-refractivity contribution in [2.24, 2.45) is 0 Å². The van der Waals surface area contributed by atoms with Gasteiger partial charge in [0.2, 0.25) is 0 Å². The number of Topliss-reactive ketones (excluding diaryl/α,β-unsaturated/α-hetero) is 1. The molecule has 1 aromatic rings. The first-order chi connectivity index (χ1) is 11.3. The van der Waals surface area contributed by atoms with E-state index in [9.17, 15) is 4.79 Å². The molecular weight excluding hydrogens is 306 g/mol. The molecule has 0 aliphatic heterocycles. The van der Waals surface area contributed by atoms with E-state index in [0.717, 1.165) is 11.3 Å². The molecule has 0 unspecified atom stereocenters. The molecule has 0 bridgehead atoms. The molecule has 138 valence electrons. The smallest absolute Gasteiger partial charge is 0.136 e. The molecule has 1 aromatic carbocycles. The van der Waals surface area contributed by atoms with Gasteiger partial charge in [-0.3, -0.25) is 9.63 Å². The van der Waals surface area contributed by atoms with Gasteiger partial charge in [0.25, 0.3) is 0 Å². The van der Waals surface area contributed by atoms with E-state index in [1.54, 1.807) is 0 Å². The van der Waals surface area contributed by atoms with Gasteiger partial charge in [0.05, 0.1) is 19.8 Å². The van der Waals surface area contributed by atoms with Crippen LogP contribution in [-0.4, -0.2) is 38.8 Å². The van der Waals surface area contributed by atoms with Crippen molar-refractivity contribution in [3.05, 3.63) is 42.0 Å². The number of carbonyl (C=O) groups is 1. The maximum Gasteiger partial charge on any atom is 0.136 e. The van der Waals surface area contributed by atoms with Crippen LogP contribution in [0.3, 0.4) is 0 Å². The highest BCUT2D eigenvalue weighted by Gasteiger charge is 2.01. The van der Waals surface area contributed by atoms with Crippen LogP contribution < -0.4 is 10.2 Å². The lowest BCUT2D eigenvalue weighted by atomic mass is 10.1. The minimum absolute atomic E-state index is 0. The van der Waals surface area contributed by atoms with Crippen LogP contribution in [0.15, 0.2) is 36.4 Å². The number of rotatable bonds is 13. The van der Waals surface area contributed by atoms with Gasteiger partial charge in [-0.1, -0.05) is 38.6 Å². The second-order valence-electron chi connectivity index (χ2n) is 4.95. The Morgan fingerprint density at radius 1 is 1.21 bits per heavy atom. The quantitative estimate of drug-likeness (QED) is 0.338. The van der Waals surface area contributed by atoms with E-state index in [0.29, 0.717) is 45.8 Å². The average Bonchev–Trinajstić information content (AvgIpc) is 2.58. The highest BCUT2D eigenvalue weighted by Crippen LogP contribution is 2.13. The molecule has 1 rings (SSSR count). The van der Waals surface area contributed by atoms with Crippen molar-refractivity contribution in [1.82, 2.24) is 5.48 Å². The van der Waals surface area contributed by atoms with E-state index in [-0.39, 0.29) is 14.6 Å². The molecule has 24 heavy (non-hydrogen) atoms. The number of carbonyl (C=O) groups excluding carboxylic acids is 1. The van der Waals surface area contributed by atoms with Crippen LogP contribution in [0.1, 0.15) is 34.7 Å². The molecule has 0 fully saturated rings. The number of nitrogens with one attached hydrogen (secondary N) is 1. The van der Waals surface area contributed by atoms with Crippen LogP contribution in [0.25, 0.3) is 0 Å². The second kappa shape index (κ2) is 14.9. The Labute approximate surface area is 147 Å². The molecule has 0 saturated heterocycles. The average molecular weight is 339 g/mol. The molecule has 0 heterocycles. The third-order valence-electron chi connectivity index (χ3n) is 3.08.